The second kappa shape index (κ2) is 5.70. The summed E-state index contributed by atoms with van der Waals surface area (Å²) >= 11 is 0. The van der Waals surface area contributed by atoms with Gasteiger partial charge in [-0.1, -0.05) is 44.4 Å². The topological polar surface area (TPSA) is 24.9 Å². The number of fused-ring (bicyclic) bond motifs is 1. The van der Waals surface area contributed by atoms with Gasteiger partial charge in [-0.25, -0.2) is 0 Å². The Morgan fingerprint density at radius 2 is 2.16 bits per heavy atom. The zero-order valence-corrected chi connectivity index (χ0v) is 11.6. The average Bonchev–Trinajstić information content (AvgIpc) is 2.41. The summed E-state index contributed by atoms with van der Waals surface area (Å²) in [7, 11) is 0. The Morgan fingerprint density at radius 3 is 2.89 bits per heavy atom. The largest absolute Gasteiger partial charge is 0.310 e. The summed E-state index contributed by atoms with van der Waals surface area (Å²) in [5, 5.41) is 4.87. The minimum absolute atomic E-state index is 0.465. The molecule has 1 unspecified atom stereocenters. The number of hydrogen-bond acceptors (Lipinski definition) is 2. The summed E-state index contributed by atoms with van der Waals surface area (Å²) < 4.78 is 0. The quantitative estimate of drug-likeness (QED) is 0.869. The van der Waals surface area contributed by atoms with E-state index in [0.717, 1.165) is 18.0 Å². The van der Waals surface area contributed by atoms with Crippen LogP contribution < -0.4 is 5.32 Å². The molecule has 0 saturated heterocycles. The van der Waals surface area contributed by atoms with Gasteiger partial charge >= 0.3 is 0 Å². The first kappa shape index (κ1) is 12.6. The fourth-order valence-electron chi connectivity index (χ4n) is 2.92. The molecule has 1 aliphatic rings. The standard InChI is InChI=1S/C17H22N2/c1-2-18-17(10-13-6-5-7-13)15-11-14-8-3-4-9-16(14)19-12-15/h3-4,8-9,11-13,17-18H,2,5-7,10H2,1H3. The van der Waals surface area contributed by atoms with Crippen molar-refractivity contribution in [3.8, 4) is 0 Å². The number of benzene rings is 1. The van der Waals surface area contributed by atoms with Crippen LogP contribution in [0.3, 0.4) is 0 Å². The number of pyridine rings is 1. The van der Waals surface area contributed by atoms with Crippen molar-refractivity contribution >= 4 is 10.9 Å². The lowest BCUT2D eigenvalue weighted by atomic mass is 9.79. The van der Waals surface area contributed by atoms with Gasteiger partial charge in [-0.3, -0.25) is 4.98 Å². The zero-order chi connectivity index (χ0) is 13.1. The molecule has 0 bridgehead atoms. The van der Waals surface area contributed by atoms with Gasteiger partial charge in [0.1, 0.15) is 0 Å². The van der Waals surface area contributed by atoms with Gasteiger partial charge in [-0.05, 0) is 36.6 Å². The van der Waals surface area contributed by atoms with Gasteiger partial charge in [-0.15, -0.1) is 0 Å². The lowest BCUT2D eigenvalue weighted by Crippen LogP contribution is -2.26. The third-order valence-electron chi connectivity index (χ3n) is 4.26. The predicted molar refractivity (Wildman–Crippen MR) is 80.1 cm³/mol. The van der Waals surface area contributed by atoms with Gasteiger partial charge in [0.15, 0.2) is 0 Å². The predicted octanol–water partition coefficient (Wildman–Crippen LogP) is 4.08. The number of rotatable bonds is 5. The second-order valence-electron chi connectivity index (χ2n) is 5.60. The van der Waals surface area contributed by atoms with Crippen molar-refractivity contribution in [1.82, 2.24) is 10.3 Å². The first-order valence-corrected chi connectivity index (χ1v) is 7.45. The highest BCUT2D eigenvalue weighted by Crippen LogP contribution is 2.35. The van der Waals surface area contributed by atoms with Gasteiger partial charge in [0, 0.05) is 17.6 Å². The number of para-hydroxylation sites is 1. The summed E-state index contributed by atoms with van der Waals surface area (Å²) in [6.45, 7) is 3.20. The van der Waals surface area contributed by atoms with Crippen LogP contribution in [0.15, 0.2) is 36.5 Å². The summed E-state index contributed by atoms with van der Waals surface area (Å²) in [4.78, 5) is 4.60. The Morgan fingerprint density at radius 1 is 1.32 bits per heavy atom. The summed E-state index contributed by atoms with van der Waals surface area (Å²) in [5.41, 5.74) is 2.43. The van der Waals surface area contributed by atoms with Crippen LogP contribution in [-0.2, 0) is 0 Å². The van der Waals surface area contributed by atoms with E-state index in [1.165, 1.54) is 36.6 Å². The fourth-order valence-corrected chi connectivity index (χ4v) is 2.92. The third-order valence-corrected chi connectivity index (χ3v) is 4.26. The molecule has 2 nitrogen and oxygen atoms in total. The maximum atomic E-state index is 4.60. The summed E-state index contributed by atoms with van der Waals surface area (Å²) in [6, 6.07) is 11.1. The van der Waals surface area contributed by atoms with Crippen molar-refractivity contribution in [3.63, 3.8) is 0 Å². The highest BCUT2D eigenvalue weighted by molar-refractivity contribution is 5.78. The van der Waals surface area contributed by atoms with E-state index < -0.39 is 0 Å². The van der Waals surface area contributed by atoms with E-state index in [1.807, 2.05) is 12.3 Å². The molecule has 1 aromatic heterocycles. The molecular formula is C17H22N2. The van der Waals surface area contributed by atoms with Crippen LogP contribution in [0, 0.1) is 5.92 Å². The summed E-state index contributed by atoms with van der Waals surface area (Å²) in [6.07, 6.45) is 7.54. The molecule has 1 atom stereocenters. The van der Waals surface area contributed by atoms with E-state index in [4.69, 9.17) is 0 Å². The minimum Gasteiger partial charge on any atom is -0.310 e. The van der Waals surface area contributed by atoms with E-state index in [2.05, 4.69) is 41.5 Å². The molecule has 2 heteroatoms. The molecule has 1 saturated carbocycles. The van der Waals surface area contributed by atoms with Gasteiger partial charge < -0.3 is 5.32 Å². The minimum atomic E-state index is 0.465. The highest BCUT2D eigenvalue weighted by Gasteiger charge is 2.22. The maximum Gasteiger partial charge on any atom is 0.0702 e. The molecular weight excluding hydrogens is 232 g/mol. The first-order valence-electron chi connectivity index (χ1n) is 7.45. The van der Waals surface area contributed by atoms with Gasteiger partial charge in [0.25, 0.3) is 0 Å². The SMILES string of the molecule is CCNC(CC1CCC1)c1cnc2ccccc2c1. The van der Waals surface area contributed by atoms with E-state index >= 15 is 0 Å². The van der Waals surface area contributed by atoms with Gasteiger partial charge in [0.2, 0.25) is 0 Å². The van der Waals surface area contributed by atoms with Crippen LogP contribution in [0.4, 0.5) is 0 Å². The van der Waals surface area contributed by atoms with Crippen molar-refractivity contribution in [2.24, 2.45) is 5.92 Å². The second-order valence-corrected chi connectivity index (χ2v) is 5.60. The van der Waals surface area contributed by atoms with E-state index in [-0.39, 0.29) is 0 Å². The number of nitrogens with zero attached hydrogens (tertiary/aromatic N) is 1. The first-order chi connectivity index (χ1) is 9.36. The van der Waals surface area contributed by atoms with Crippen molar-refractivity contribution in [2.75, 3.05) is 6.54 Å². The molecule has 0 radical (unpaired) electrons. The Kier molecular flexibility index (Phi) is 3.79. The van der Waals surface area contributed by atoms with E-state index in [1.54, 1.807) is 0 Å². The number of hydrogen-bond donors (Lipinski definition) is 1. The molecule has 1 aliphatic carbocycles. The molecule has 100 valence electrons. The monoisotopic (exact) mass is 254 g/mol. The number of nitrogens with one attached hydrogen (secondary N) is 1. The molecule has 0 amide bonds. The third kappa shape index (κ3) is 2.79. The van der Waals surface area contributed by atoms with Crippen molar-refractivity contribution in [3.05, 3.63) is 42.1 Å². The van der Waals surface area contributed by atoms with Crippen LogP contribution in [0.25, 0.3) is 10.9 Å². The average molecular weight is 254 g/mol. The van der Waals surface area contributed by atoms with Gasteiger partial charge in [0.05, 0.1) is 5.52 Å². The smallest absolute Gasteiger partial charge is 0.0702 e. The Balaban J connectivity index is 1.85. The normalized spacial score (nSPS) is 17.3. The molecule has 2 aromatic rings. The van der Waals surface area contributed by atoms with Crippen LogP contribution in [-0.4, -0.2) is 11.5 Å². The molecule has 1 N–H and O–H groups in total. The lowest BCUT2D eigenvalue weighted by molar-refractivity contribution is 0.262. The fraction of sp³-hybridized carbons (Fsp3) is 0.471. The maximum absolute atomic E-state index is 4.60. The molecule has 0 spiro atoms. The van der Waals surface area contributed by atoms with E-state index in [9.17, 15) is 0 Å². The molecule has 19 heavy (non-hydrogen) atoms. The Hall–Kier alpha value is -1.41. The Bertz CT molecular complexity index is 546. The van der Waals surface area contributed by atoms with Crippen LogP contribution in [0.5, 0.6) is 0 Å². The molecule has 1 fully saturated rings. The van der Waals surface area contributed by atoms with Crippen LogP contribution in [0.1, 0.15) is 44.2 Å². The van der Waals surface area contributed by atoms with Crippen molar-refractivity contribution < 1.29 is 0 Å². The molecule has 3 rings (SSSR count). The van der Waals surface area contributed by atoms with E-state index in [0.29, 0.717) is 6.04 Å². The van der Waals surface area contributed by atoms with Crippen LogP contribution in [0.2, 0.25) is 0 Å². The Labute approximate surface area is 115 Å². The molecule has 1 aromatic carbocycles. The summed E-state index contributed by atoms with van der Waals surface area (Å²) in [5.74, 6) is 0.913. The molecule has 1 heterocycles. The number of aromatic nitrogens is 1. The highest BCUT2D eigenvalue weighted by atomic mass is 14.9. The zero-order valence-electron chi connectivity index (χ0n) is 11.6. The van der Waals surface area contributed by atoms with Crippen molar-refractivity contribution in [1.29, 1.82) is 0 Å². The lowest BCUT2D eigenvalue weighted by Gasteiger charge is -2.30. The van der Waals surface area contributed by atoms with Gasteiger partial charge in [-0.2, -0.15) is 0 Å². The molecule has 0 aliphatic heterocycles. The van der Waals surface area contributed by atoms with Crippen molar-refractivity contribution in [2.45, 2.75) is 38.6 Å². The van der Waals surface area contributed by atoms with Crippen LogP contribution >= 0.6 is 0 Å².